The molecule has 4 atom stereocenters. The molecule has 0 amide bonds. The summed E-state index contributed by atoms with van der Waals surface area (Å²) in [6, 6.07) is 0. The molecule has 0 radical (unpaired) electrons. The van der Waals surface area contributed by atoms with Crippen LogP contribution in [0.15, 0.2) is 0 Å². The monoisotopic (exact) mass is 360 g/mol. The van der Waals surface area contributed by atoms with E-state index in [2.05, 4.69) is 6.92 Å². The average molecular weight is 360 g/mol. The van der Waals surface area contributed by atoms with Crippen molar-refractivity contribution in [3.8, 4) is 0 Å². The van der Waals surface area contributed by atoms with Gasteiger partial charge in [0, 0.05) is 6.42 Å². The molecular weight excluding hydrogens is 328 g/mol. The van der Waals surface area contributed by atoms with E-state index in [1.54, 1.807) is 0 Å². The van der Waals surface area contributed by atoms with Gasteiger partial charge in [-0.25, -0.2) is 4.79 Å². The maximum absolute atomic E-state index is 11.7. The van der Waals surface area contributed by atoms with Crippen LogP contribution in [-0.4, -0.2) is 58.3 Å². The Labute approximate surface area is 149 Å². The van der Waals surface area contributed by atoms with Crippen molar-refractivity contribution >= 4 is 11.9 Å². The molecule has 1 saturated heterocycles. The van der Waals surface area contributed by atoms with Crippen LogP contribution in [0, 0.1) is 0 Å². The number of rotatable bonds is 12. The van der Waals surface area contributed by atoms with Gasteiger partial charge in [0.15, 0.2) is 12.2 Å². The molecule has 1 aliphatic rings. The Hall–Kier alpha value is -1.18. The number of carbonyl (C=O) groups is 2. The van der Waals surface area contributed by atoms with Crippen molar-refractivity contribution in [2.75, 3.05) is 6.61 Å². The quantitative estimate of drug-likeness (QED) is 0.357. The summed E-state index contributed by atoms with van der Waals surface area (Å²) in [7, 11) is 0. The van der Waals surface area contributed by atoms with E-state index in [0.29, 0.717) is 0 Å². The highest BCUT2D eigenvalue weighted by Crippen LogP contribution is 2.17. The van der Waals surface area contributed by atoms with Crippen LogP contribution in [0.1, 0.15) is 71.1 Å². The molecule has 1 heterocycles. The minimum Gasteiger partial charge on any atom is -0.462 e. The van der Waals surface area contributed by atoms with E-state index in [-0.39, 0.29) is 13.0 Å². The highest BCUT2D eigenvalue weighted by Gasteiger charge is 2.44. The van der Waals surface area contributed by atoms with Crippen LogP contribution >= 0.6 is 0 Å². The summed E-state index contributed by atoms with van der Waals surface area (Å²) in [4.78, 5) is 22.9. The van der Waals surface area contributed by atoms with E-state index >= 15 is 0 Å². The van der Waals surface area contributed by atoms with Gasteiger partial charge in [-0.3, -0.25) is 4.79 Å². The second-order valence-corrected chi connectivity index (χ2v) is 6.66. The Morgan fingerprint density at radius 3 is 2.12 bits per heavy atom. The predicted octanol–water partition coefficient (Wildman–Crippen LogP) is 1.46. The second kappa shape index (κ2) is 12.2. The number of hydrogen-bond donors (Lipinski definition) is 3. The number of esters is 2. The smallest absolute Gasteiger partial charge is 0.338 e. The maximum Gasteiger partial charge on any atom is 0.338 e. The zero-order chi connectivity index (χ0) is 18.7. The van der Waals surface area contributed by atoms with Gasteiger partial charge in [-0.15, -0.1) is 0 Å². The first-order chi connectivity index (χ1) is 12.0. The van der Waals surface area contributed by atoms with Crippen molar-refractivity contribution in [3.05, 3.63) is 0 Å². The lowest BCUT2D eigenvalue weighted by Crippen LogP contribution is -2.56. The molecule has 3 N–H and O–H groups in total. The molecule has 0 aromatic rings. The van der Waals surface area contributed by atoms with E-state index in [4.69, 9.17) is 9.47 Å². The van der Waals surface area contributed by atoms with E-state index < -0.39 is 36.4 Å². The van der Waals surface area contributed by atoms with E-state index in [9.17, 15) is 24.9 Å². The molecular formula is C18H32O7. The lowest BCUT2D eigenvalue weighted by Gasteiger charge is -2.33. The molecule has 7 nitrogen and oxygen atoms in total. The first-order valence-corrected chi connectivity index (χ1v) is 9.37. The molecule has 1 fully saturated rings. The van der Waals surface area contributed by atoms with Crippen LogP contribution < -0.4 is 0 Å². The van der Waals surface area contributed by atoms with Gasteiger partial charge in [0.2, 0.25) is 0 Å². The largest absolute Gasteiger partial charge is 0.462 e. The first kappa shape index (κ1) is 21.9. The SMILES string of the molecule is CCCCCCCCCCCC(=O)OC[C@H]1OC(=O)[C@H](O)[C@@H](O)[C@@H]1O. The molecule has 0 aromatic carbocycles. The Morgan fingerprint density at radius 2 is 1.52 bits per heavy atom. The Balaban J connectivity index is 2.06. The summed E-state index contributed by atoms with van der Waals surface area (Å²) in [6.45, 7) is 1.87. The molecule has 0 bridgehead atoms. The molecule has 7 heteroatoms. The fourth-order valence-corrected chi connectivity index (χ4v) is 2.79. The summed E-state index contributed by atoms with van der Waals surface area (Å²) in [5.41, 5.74) is 0. The molecule has 0 unspecified atom stereocenters. The molecule has 1 rings (SSSR count). The third kappa shape index (κ3) is 8.16. The number of unbranched alkanes of at least 4 members (excludes halogenated alkanes) is 8. The normalized spacial score (nSPS) is 26.3. The van der Waals surface area contributed by atoms with Crippen molar-refractivity contribution in [2.24, 2.45) is 0 Å². The molecule has 146 valence electrons. The van der Waals surface area contributed by atoms with Gasteiger partial charge in [-0.05, 0) is 6.42 Å². The second-order valence-electron chi connectivity index (χ2n) is 6.66. The van der Waals surface area contributed by atoms with Crippen LogP contribution in [0.4, 0.5) is 0 Å². The summed E-state index contributed by atoms with van der Waals surface area (Å²) in [5.74, 6) is -1.45. The van der Waals surface area contributed by atoms with Crippen molar-refractivity contribution in [3.63, 3.8) is 0 Å². The molecule has 0 aromatic heterocycles. The Kier molecular flexibility index (Phi) is 10.7. The van der Waals surface area contributed by atoms with Gasteiger partial charge in [-0.2, -0.15) is 0 Å². The summed E-state index contributed by atoms with van der Waals surface area (Å²) >= 11 is 0. The van der Waals surface area contributed by atoms with Gasteiger partial charge in [-0.1, -0.05) is 58.3 Å². The van der Waals surface area contributed by atoms with Crippen LogP contribution in [0.2, 0.25) is 0 Å². The summed E-state index contributed by atoms with van der Waals surface area (Å²) < 4.78 is 9.74. The average Bonchev–Trinajstić information content (AvgIpc) is 2.60. The third-order valence-corrected chi connectivity index (χ3v) is 4.46. The number of aliphatic hydroxyl groups is 3. The lowest BCUT2D eigenvalue weighted by molar-refractivity contribution is -0.209. The van der Waals surface area contributed by atoms with Crippen molar-refractivity contribution < 1.29 is 34.4 Å². The molecule has 25 heavy (non-hydrogen) atoms. The van der Waals surface area contributed by atoms with E-state index in [1.165, 1.54) is 38.5 Å². The number of hydrogen-bond acceptors (Lipinski definition) is 7. The summed E-state index contributed by atoms with van der Waals surface area (Å²) in [6.07, 6.45) is 4.58. The number of ether oxygens (including phenoxy) is 2. The van der Waals surface area contributed by atoms with Gasteiger partial charge in [0.05, 0.1) is 0 Å². The highest BCUT2D eigenvalue weighted by atomic mass is 16.6. The lowest BCUT2D eigenvalue weighted by atomic mass is 10.0. The fraction of sp³-hybridized carbons (Fsp3) is 0.889. The fourth-order valence-electron chi connectivity index (χ4n) is 2.79. The van der Waals surface area contributed by atoms with Crippen molar-refractivity contribution in [2.45, 2.75) is 95.5 Å². The topological polar surface area (TPSA) is 113 Å². The molecule has 1 aliphatic heterocycles. The summed E-state index contributed by atoms with van der Waals surface area (Å²) in [5, 5.41) is 28.5. The van der Waals surface area contributed by atoms with Gasteiger partial charge >= 0.3 is 11.9 Å². The first-order valence-electron chi connectivity index (χ1n) is 9.37. The molecule has 0 saturated carbocycles. The Morgan fingerprint density at radius 1 is 0.960 bits per heavy atom. The number of cyclic esters (lactones) is 1. The van der Waals surface area contributed by atoms with Gasteiger partial charge in [0.25, 0.3) is 0 Å². The minimum atomic E-state index is -1.77. The number of aliphatic hydroxyl groups excluding tert-OH is 3. The van der Waals surface area contributed by atoms with E-state index in [0.717, 1.165) is 19.3 Å². The standard InChI is InChI=1S/C18H32O7/c1-2-3-4-5-6-7-8-9-10-11-14(19)24-12-13-15(20)16(21)17(22)18(23)25-13/h13,15-17,20-22H,2-12H2,1H3/t13-,15-,16+,17-/m1/s1. The highest BCUT2D eigenvalue weighted by molar-refractivity contribution is 5.76. The number of carbonyl (C=O) groups excluding carboxylic acids is 2. The van der Waals surface area contributed by atoms with Crippen LogP contribution in [0.25, 0.3) is 0 Å². The predicted molar refractivity (Wildman–Crippen MR) is 90.7 cm³/mol. The van der Waals surface area contributed by atoms with Gasteiger partial charge < -0.3 is 24.8 Å². The van der Waals surface area contributed by atoms with Crippen molar-refractivity contribution in [1.82, 2.24) is 0 Å². The maximum atomic E-state index is 11.7. The minimum absolute atomic E-state index is 0.276. The van der Waals surface area contributed by atoms with Crippen LogP contribution in [0.3, 0.4) is 0 Å². The molecule has 0 spiro atoms. The van der Waals surface area contributed by atoms with Gasteiger partial charge in [0.1, 0.15) is 18.8 Å². The molecule has 0 aliphatic carbocycles. The third-order valence-electron chi connectivity index (χ3n) is 4.46. The zero-order valence-corrected chi connectivity index (χ0v) is 15.1. The Bertz CT molecular complexity index is 399. The van der Waals surface area contributed by atoms with Crippen LogP contribution in [0.5, 0.6) is 0 Å². The van der Waals surface area contributed by atoms with Crippen molar-refractivity contribution in [1.29, 1.82) is 0 Å². The van der Waals surface area contributed by atoms with E-state index in [1.807, 2.05) is 0 Å². The van der Waals surface area contributed by atoms with Crippen LogP contribution in [-0.2, 0) is 19.1 Å². The zero-order valence-electron chi connectivity index (χ0n) is 15.1.